The first-order valence-corrected chi connectivity index (χ1v) is 11.4. The lowest BCUT2D eigenvalue weighted by molar-refractivity contribution is -0.114. The van der Waals surface area contributed by atoms with Gasteiger partial charge in [-0.25, -0.2) is 0 Å². The van der Waals surface area contributed by atoms with Crippen molar-refractivity contribution in [3.05, 3.63) is 97.1 Å². The predicted molar refractivity (Wildman–Crippen MR) is 130 cm³/mol. The van der Waals surface area contributed by atoms with Crippen LogP contribution < -0.4 is 4.90 Å². The summed E-state index contributed by atoms with van der Waals surface area (Å²) in [5.74, 6) is 0.0477. The number of rotatable bonds is 3. The molecule has 1 aliphatic heterocycles. The van der Waals surface area contributed by atoms with Gasteiger partial charge in [0.15, 0.2) is 0 Å². The van der Waals surface area contributed by atoms with Gasteiger partial charge in [-0.1, -0.05) is 72.4 Å². The fraction of sp³-hybridized carbons (Fsp3) is 0.0455. The number of fused-ring (bicyclic) bond motifs is 1. The minimum atomic E-state index is 0.0477. The summed E-state index contributed by atoms with van der Waals surface area (Å²) in [7, 11) is 0. The number of carbonyl (C=O) groups is 1. The Morgan fingerprint density at radius 2 is 1.48 bits per heavy atom. The maximum atomic E-state index is 13.5. The van der Waals surface area contributed by atoms with Crippen LogP contribution in [-0.2, 0) is 11.3 Å². The molecule has 0 saturated heterocycles. The zero-order valence-corrected chi connectivity index (χ0v) is 19.4. The van der Waals surface area contributed by atoms with E-state index in [1.165, 1.54) is 3.57 Å². The average molecular weight is 595 g/mol. The number of anilines is 1. The van der Waals surface area contributed by atoms with Crippen LogP contribution in [0.5, 0.6) is 0 Å². The highest BCUT2D eigenvalue weighted by molar-refractivity contribution is 14.1. The minimum Gasteiger partial charge on any atom is -0.302 e. The van der Waals surface area contributed by atoms with Crippen LogP contribution in [0.3, 0.4) is 0 Å². The highest BCUT2D eigenvalue weighted by Gasteiger charge is 2.29. The lowest BCUT2D eigenvalue weighted by Crippen LogP contribution is -2.30. The number of benzene rings is 3. The lowest BCUT2D eigenvalue weighted by atomic mass is 10.1. The third kappa shape index (κ3) is 3.95. The van der Waals surface area contributed by atoms with E-state index in [0.29, 0.717) is 6.54 Å². The average Bonchev–Trinajstić information content (AvgIpc) is 2.81. The molecule has 0 spiro atoms. The zero-order chi connectivity index (χ0) is 18.8. The smallest absolute Gasteiger partial charge is 0.265 e. The van der Waals surface area contributed by atoms with Gasteiger partial charge in [0.2, 0.25) is 0 Å². The monoisotopic (exact) mass is 595 g/mol. The topological polar surface area (TPSA) is 20.3 Å². The normalized spacial score (nSPS) is 14.1. The van der Waals surface area contributed by atoms with Gasteiger partial charge in [0.25, 0.3) is 5.91 Å². The predicted octanol–water partition coefficient (Wildman–Crippen LogP) is 6.73. The van der Waals surface area contributed by atoms with E-state index in [-0.39, 0.29) is 5.91 Å². The molecule has 0 unspecified atom stereocenters. The quantitative estimate of drug-likeness (QED) is 0.313. The van der Waals surface area contributed by atoms with Gasteiger partial charge in [0.05, 0.1) is 15.8 Å². The van der Waals surface area contributed by atoms with Crippen LogP contribution in [0.25, 0.3) is 4.91 Å². The van der Waals surface area contributed by atoms with Crippen molar-refractivity contribution >= 4 is 73.4 Å². The molecule has 0 aromatic heterocycles. The number of nitrogens with zero attached hydrogens (tertiary/aromatic N) is 1. The van der Waals surface area contributed by atoms with Gasteiger partial charge < -0.3 is 4.90 Å². The molecule has 0 saturated carbocycles. The van der Waals surface area contributed by atoms with Gasteiger partial charge in [-0.3, -0.25) is 4.79 Å². The molecule has 134 valence electrons. The molecule has 1 aliphatic rings. The van der Waals surface area contributed by atoms with Crippen molar-refractivity contribution in [3.8, 4) is 0 Å². The molecule has 4 rings (SSSR count). The van der Waals surface area contributed by atoms with Crippen LogP contribution in [0.4, 0.5) is 5.69 Å². The first-order chi connectivity index (χ1) is 13.1. The molecule has 3 aromatic carbocycles. The minimum absolute atomic E-state index is 0.0477. The zero-order valence-electron chi connectivity index (χ0n) is 14.2. The molecule has 0 radical (unpaired) electrons. The molecule has 0 fully saturated rings. The molecule has 3 aromatic rings. The van der Waals surface area contributed by atoms with Crippen LogP contribution in [0, 0.1) is 3.57 Å². The Labute approximate surface area is 190 Å². The molecule has 0 aliphatic carbocycles. The van der Waals surface area contributed by atoms with Crippen molar-refractivity contribution in [2.45, 2.75) is 11.4 Å². The van der Waals surface area contributed by atoms with Gasteiger partial charge in [-0.15, -0.1) is 0 Å². The molecular weight excluding hydrogens is 580 g/mol. The van der Waals surface area contributed by atoms with Crippen LogP contribution in [0.1, 0.15) is 11.1 Å². The molecule has 0 N–H and O–H groups in total. The summed E-state index contributed by atoms with van der Waals surface area (Å²) in [6.45, 7) is 0.560. The van der Waals surface area contributed by atoms with Gasteiger partial charge >= 0.3 is 0 Å². The third-order valence-corrected chi connectivity index (χ3v) is 7.95. The van der Waals surface area contributed by atoms with Crippen molar-refractivity contribution in [2.24, 2.45) is 0 Å². The van der Waals surface area contributed by atoms with E-state index >= 15 is 0 Å². The van der Waals surface area contributed by atoms with Crippen molar-refractivity contribution in [1.29, 1.82) is 0 Å². The first kappa shape index (κ1) is 19.0. The van der Waals surface area contributed by atoms with E-state index in [2.05, 4.69) is 75.5 Å². The summed E-state index contributed by atoms with van der Waals surface area (Å²) >= 11 is 6.21. The summed E-state index contributed by atoms with van der Waals surface area (Å²) in [5, 5.41) is 0. The summed E-state index contributed by atoms with van der Waals surface area (Å²) in [6, 6.07) is 26.5. The largest absolute Gasteiger partial charge is 0.302 e. The Morgan fingerprint density at radius 3 is 2.26 bits per heavy atom. The highest BCUT2D eigenvalue weighted by Crippen LogP contribution is 2.46. The van der Waals surface area contributed by atoms with Gasteiger partial charge in [-0.05, 0) is 74.5 Å². The number of carbonyl (C=O) groups excluding carboxylic acids is 1. The SMILES string of the molecule is O=C1C(I)=C(c2ccccc2)Sc2ccccc2N1Cc1ccccc1I. The fourth-order valence-corrected chi connectivity index (χ4v) is 5.55. The summed E-state index contributed by atoms with van der Waals surface area (Å²) < 4.78 is 1.92. The van der Waals surface area contributed by atoms with Crippen LogP contribution in [0.15, 0.2) is 87.3 Å². The van der Waals surface area contributed by atoms with Crippen molar-refractivity contribution < 1.29 is 4.79 Å². The number of thioether (sulfide) groups is 1. The van der Waals surface area contributed by atoms with Gasteiger partial charge in [0, 0.05) is 13.4 Å². The van der Waals surface area contributed by atoms with E-state index < -0.39 is 0 Å². The Balaban J connectivity index is 1.83. The van der Waals surface area contributed by atoms with Crippen molar-refractivity contribution in [3.63, 3.8) is 0 Å². The second-order valence-electron chi connectivity index (χ2n) is 6.06. The first-order valence-electron chi connectivity index (χ1n) is 8.42. The molecular formula is C22H15I2NOS. The summed E-state index contributed by atoms with van der Waals surface area (Å²) in [5.41, 5.74) is 3.19. The van der Waals surface area contributed by atoms with E-state index in [1.54, 1.807) is 11.8 Å². The van der Waals surface area contributed by atoms with E-state index in [0.717, 1.165) is 30.2 Å². The summed E-state index contributed by atoms with van der Waals surface area (Å²) in [6.07, 6.45) is 0. The van der Waals surface area contributed by atoms with E-state index in [9.17, 15) is 4.79 Å². The number of hydrogen-bond donors (Lipinski definition) is 0. The van der Waals surface area contributed by atoms with Gasteiger partial charge in [-0.2, -0.15) is 0 Å². The van der Waals surface area contributed by atoms with Crippen LogP contribution in [0.2, 0.25) is 0 Å². The molecule has 1 heterocycles. The molecule has 0 atom stereocenters. The second-order valence-corrected chi connectivity index (χ2v) is 9.35. The maximum absolute atomic E-state index is 13.5. The standard InChI is InChI=1S/C22H15I2NOS/c23-17-11-5-4-10-16(17)14-25-18-12-6-7-13-19(18)27-21(20(24)22(25)26)15-8-2-1-3-9-15/h1-13H,14H2. The molecule has 0 bridgehead atoms. The Bertz CT molecular complexity index is 1030. The number of para-hydroxylation sites is 1. The maximum Gasteiger partial charge on any atom is 0.265 e. The van der Waals surface area contributed by atoms with Crippen molar-refractivity contribution in [1.82, 2.24) is 0 Å². The number of halogens is 2. The van der Waals surface area contributed by atoms with Crippen molar-refractivity contribution in [2.75, 3.05) is 4.90 Å². The number of hydrogen-bond acceptors (Lipinski definition) is 2. The molecule has 27 heavy (non-hydrogen) atoms. The molecule has 2 nitrogen and oxygen atoms in total. The Morgan fingerprint density at radius 1 is 0.815 bits per heavy atom. The molecule has 1 amide bonds. The Hall–Kier alpha value is -1.32. The third-order valence-electron chi connectivity index (χ3n) is 4.32. The molecule has 5 heteroatoms. The van der Waals surface area contributed by atoms with Crippen LogP contribution >= 0.6 is 56.9 Å². The Kier molecular flexibility index (Phi) is 5.89. The van der Waals surface area contributed by atoms with E-state index in [4.69, 9.17) is 0 Å². The lowest BCUT2D eigenvalue weighted by Gasteiger charge is -2.23. The highest BCUT2D eigenvalue weighted by atomic mass is 127. The number of amides is 1. The van der Waals surface area contributed by atoms with Crippen LogP contribution in [-0.4, -0.2) is 5.91 Å². The van der Waals surface area contributed by atoms with E-state index in [1.807, 2.05) is 53.4 Å². The fourth-order valence-electron chi connectivity index (χ4n) is 2.98. The second kappa shape index (κ2) is 8.36. The summed E-state index contributed by atoms with van der Waals surface area (Å²) in [4.78, 5) is 17.5. The van der Waals surface area contributed by atoms with Gasteiger partial charge in [0.1, 0.15) is 0 Å².